The Labute approximate surface area is 96.6 Å². The van der Waals surface area contributed by atoms with Gasteiger partial charge < -0.3 is 19.1 Å². The van der Waals surface area contributed by atoms with Gasteiger partial charge in [0.05, 0.1) is 11.5 Å². The number of fused-ring (bicyclic) bond motifs is 1. The fraction of sp³-hybridized carbons (Fsp3) is 0.167. The minimum Gasteiger partial charge on any atom is -0.546 e. The second-order valence-electron chi connectivity index (χ2n) is 3.52. The lowest BCUT2D eigenvalue weighted by atomic mass is 10.1. The van der Waals surface area contributed by atoms with E-state index in [9.17, 15) is 14.7 Å². The molecule has 1 aromatic carbocycles. The van der Waals surface area contributed by atoms with Gasteiger partial charge in [-0.3, -0.25) is 4.79 Å². The molecule has 0 saturated heterocycles. The summed E-state index contributed by atoms with van der Waals surface area (Å²) in [6, 6.07) is 4.75. The first-order chi connectivity index (χ1) is 8.08. The summed E-state index contributed by atoms with van der Waals surface area (Å²) in [5, 5.41) is 10.9. The van der Waals surface area contributed by atoms with Gasteiger partial charge in [-0.05, 0) is 25.1 Å². The standard InChI is InChI=1S/C12H10O5/c1-7(13)10-5-17-11-3-2-8(4-9(10)11)16-6-12(14)15/h2-5H,6H2,1H3,(H,14,15)/p-1. The van der Waals surface area contributed by atoms with Crippen LogP contribution in [0.3, 0.4) is 0 Å². The highest BCUT2D eigenvalue weighted by atomic mass is 16.5. The van der Waals surface area contributed by atoms with Crippen LogP contribution >= 0.6 is 0 Å². The number of ketones is 1. The van der Waals surface area contributed by atoms with Crippen molar-refractivity contribution in [1.82, 2.24) is 0 Å². The topological polar surface area (TPSA) is 79.6 Å². The largest absolute Gasteiger partial charge is 0.546 e. The van der Waals surface area contributed by atoms with Crippen LogP contribution in [0.25, 0.3) is 11.0 Å². The van der Waals surface area contributed by atoms with Crippen molar-refractivity contribution in [3.8, 4) is 5.75 Å². The first-order valence-electron chi connectivity index (χ1n) is 4.93. The SMILES string of the molecule is CC(=O)c1coc2ccc(OCC(=O)[O-])cc12. The van der Waals surface area contributed by atoms with Crippen molar-refractivity contribution in [1.29, 1.82) is 0 Å². The van der Waals surface area contributed by atoms with Crippen LogP contribution in [0, 0.1) is 0 Å². The molecule has 1 heterocycles. The molecule has 0 aliphatic rings. The van der Waals surface area contributed by atoms with Crippen LogP contribution in [0.1, 0.15) is 17.3 Å². The molecule has 2 rings (SSSR count). The number of carboxylic acid groups (broad SMARTS) is 1. The number of carboxylic acids is 1. The lowest BCUT2D eigenvalue weighted by Gasteiger charge is -2.06. The molecule has 88 valence electrons. The fourth-order valence-corrected chi connectivity index (χ4v) is 1.51. The molecule has 17 heavy (non-hydrogen) atoms. The normalized spacial score (nSPS) is 10.4. The van der Waals surface area contributed by atoms with Gasteiger partial charge >= 0.3 is 0 Å². The number of ether oxygens (including phenoxy) is 1. The molecule has 0 unspecified atom stereocenters. The molecular weight excluding hydrogens is 224 g/mol. The van der Waals surface area contributed by atoms with Crippen LogP contribution < -0.4 is 9.84 Å². The van der Waals surface area contributed by atoms with E-state index >= 15 is 0 Å². The van der Waals surface area contributed by atoms with Crippen LogP contribution in [-0.2, 0) is 4.79 Å². The van der Waals surface area contributed by atoms with E-state index in [1.807, 2.05) is 0 Å². The Kier molecular flexibility index (Phi) is 2.82. The summed E-state index contributed by atoms with van der Waals surface area (Å²) in [4.78, 5) is 21.5. The van der Waals surface area contributed by atoms with Gasteiger partial charge in [0, 0.05) is 5.39 Å². The van der Waals surface area contributed by atoms with Crippen molar-refractivity contribution in [3.63, 3.8) is 0 Å². The Balaban J connectivity index is 2.37. The van der Waals surface area contributed by atoms with Gasteiger partial charge in [0.2, 0.25) is 0 Å². The number of hydrogen-bond donors (Lipinski definition) is 0. The minimum absolute atomic E-state index is 0.124. The van der Waals surface area contributed by atoms with Crippen molar-refractivity contribution >= 4 is 22.7 Å². The van der Waals surface area contributed by atoms with E-state index in [1.54, 1.807) is 18.2 Å². The lowest BCUT2D eigenvalue weighted by molar-refractivity contribution is -0.307. The monoisotopic (exact) mass is 233 g/mol. The number of hydrogen-bond acceptors (Lipinski definition) is 5. The zero-order chi connectivity index (χ0) is 12.4. The van der Waals surface area contributed by atoms with Gasteiger partial charge in [-0.25, -0.2) is 0 Å². The molecule has 1 aromatic heterocycles. The molecule has 0 amide bonds. The molecular formula is C12H9O5-. The third-order valence-corrected chi connectivity index (χ3v) is 2.28. The Morgan fingerprint density at radius 1 is 1.41 bits per heavy atom. The summed E-state index contributed by atoms with van der Waals surface area (Å²) in [5.74, 6) is -1.07. The molecule has 0 fully saturated rings. The van der Waals surface area contributed by atoms with Gasteiger partial charge in [-0.2, -0.15) is 0 Å². The summed E-state index contributed by atoms with van der Waals surface area (Å²) >= 11 is 0. The van der Waals surface area contributed by atoms with Crippen LogP contribution in [0.4, 0.5) is 0 Å². The van der Waals surface area contributed by atoms with Crippen molar-refractivity contribution in [2.45, 2.75) is 6.92 Å². The number of furan rings is 1. The van der Waals surface area contributed by atoms with Crippen molar-refractivity contribution < 1.29 is 23.8 Å². The average molecular weight is 233 g/mol. The van der Waals surface area contributed by atoms with Crippen LogP contribution in [0.15, 0.2) is 28.9 Å². The molecule has 0 bridgehead atoms. The molecule has 0 saturated carbocycles. The Hall–Kier alpha value is -2.30. The van der Waals surface area contributed by atoms with E-state index in [2.05, 4.69) is 0 Å². The van der Waals surface area contributed by atoms with Gasteiger partial charge in [0.15, 0.2) is 5.78 Å². The van der Waals surface area contributed by atoms with Gasteiger partial charge in [0.1, 0.15) is 24.2 Å². The van der Waals surface area contributed by atoms with Crippen molar-refractivity contribution in [3.05, 3.63) is 30.0 Å². The second-order valence-corrected chi connectivity index (χ2v) is 3.52. The van der Waals surface area contributed by atoms with Gasteiger partial charge in [-0.15, -0.1) is 0 Å². The first kappa shape index (κ1) is 11.2. The van der Waals surface area contributed by atoms with Crippen LogP contribution in [0.2, 0.25) is 0 Å². The molecule has 0 spiro atoms. The van der Waals surface area contributed by atoms with E-state index in [0.717, 1.165) is 0 Å². The molecule has 0 atom stereocenters. The summed E-state index contributed by atoms with van der Waals surface area (Å²) < 4.78 is 10.2. The zero-order valence-electron chi connectivity index (χ0n) is 9.06. The molecule has 2 aromatic rings. The van der Waals surface area contributed by atoms with Crippen molar-refractivity contribution in [2.75, 3.05) is 6.61 Å². The van der Waals surface area contributed by atoms with E-state index in [-0.39, 0.29) is 5.78 Å². The molecule has 5 nitrogen and oxygen atoms in total. The highest BCUT2D eigenvalue weighted by Gasteiger charge is 2.10. The summed E-state index contributed by atoms with van der Waals surface area (Å²) in [5.41, 5.74) is 0.995. The van der Waals surface area contributed by atoms with E-state index in [0.29, 0.717) is 22.3 Å². The quantitative estimate of drug-likeness (QED) is 0.728. The van der Waals surface area contributed by atoms with Gasteiger partial charge in [-0.1, -0.05) is 0 Å². The molecule has 0 aliphatic carbocycles. The fourth-order valence-electron chi connectivity index (χ4n) is 1.51. The summed E-state index contributed by atoms with van der Waals surface area (Å²) in [6.07, 6.45) is 1.37. The smallest absolute Gasteiger partial charge is 0.163 e. The zero-order valence-corrected chi connectivity index (χ0v) is 9.06. The first-order valence-corrected chi connectivity index (χ1v) is 4.93. The third kappa shape index (κ3) is 2.28. The van der Waals surface area contributed by atoms with Crippen LogP contribution in [0.5, 0.6) is 5.75 Å². The lowest BCUT2D eigenvalue weighted by Crippen LogP contribution is -2.28. The second kappa shape index (κ2) is 4.29. The molecule has 5 heteroatoms. The average Bonchev–Trinajstić information content (AvgIpc) is 2.69. The van der Waals surface area contributed by atoms with Crippen molar-refractivity contribution in [2.24, 2.45) is 0 Å². The number of benzene rings is 1. The molecule has 0 N–H and O–H groups in total. The predicted molar refractivity (Wildman–Crippen MR) is 56.7 cm³/mol. The van der Waals surface area contributed by atoms with E-state index in [4.69, 9.17) is 9.15 Å². The molecule has 0 radical (unpaired) electrons. The molecule has 0 aliphatic heterocycles. The highest BCUT2D eigenvalue weighted by Crippen LogP contribution is 2.26. The maximum Gasteiger partial charge on any atom is 0.163 e. The minimum atomic E-state index is -1.30. The number of rotatable bonds is 4. The number of carbonyl (C=O) groups is 2. The number of Topliss-reactive ketones (excluding diaryl/α,β-unsaturated/α-hetero) is 1. The highest BCUT2D eigenvalue weighted by molar-refractivity contribution is 6.06. The van der Waals surface area contributed by atoms with E-state index < -0.39 is 12.6 Å². The predicted octanol–water partition coefficient (Wildman–Crippen LogP) is 0.764. The third-order valence-electron chi connectivity index (χ3n) is 2.28. The summed E-state index contributed by atoms with van der Waals surface area (Å²) in [6.45, 7) is 0.901. The van der Waals surface area contributed by atoms with Gasteiger partial charge in [0.25, 0.3) is 0 Å². The Bertz CT molecular complexity index is 582. The maximum absolute atomic E-state index is 11.3. The number of carbonyl (C=O) groups excluding carboxylic acids is 2. The number of aliphatic carboxylic acids is 1. The Morgan fingerprint density at radius 3 is 2.82 bits per heavy atom. The van der Waals surface area contributed by atoms with E-state index in [1.165, 1.54) is 13.2 Å². The Morgan fingerprint density at radius 2 is 2.18 bits per heavy atom. The summed E-state index contributed by atoms with van der Waals surface area (Å²) in [7, 11) is 0. The van der Waals surface area contributed by atoms with Crippen LogP contribution in [-0.4, -0.2) is 18.4 Å². The maximum atomic E-state index is 11.3.